The van der Waals surface area contributed by atoms with E-state index in [1.165, 1.54) is 38.6 Å². The summed E-state index contributed by atoms with van der Waals surface area (Å²) in [6.07, 6.45) is 5.45. The molecule has 2 aromatic heterocycles. The van der Waals surface area contributed by atoms with Crippen molar-refractivity contribution >= 4 is 27.6 Å². The van der Waals surface area contributed by atoms with Crippen LogP contribution in [0, 0.1) is 11.3 Å². The zero-order valence-electron chi connectivity index (χ0n) is 22.6. The Kier molecular flexibility index (Phi) is 6.59. The van der Waals surface area contributed by atoms with Crippen LogP contribution in [0.15, 0.2) is 97.5 Å². The van der Waals surface area contributed by atoms with Gasteiger partial charge in [0.2, 0.25) is 5.82 Å². The van der Waals surface area contributed by atoms with Crippen LogP contribution in [0.4, 0.5) is 5.82 Å². The number of aromatic amines is 1. The van der Waals surface area contributed by atoms with Crippen LogP contribution in [-0.2, 0) is 6.54 Å². The lowest BCUT2D eigenvalue weighted by molar-refractivity contribution is 0.211. The van der Waals surface area contributed by atoms with Gasteiger partial charge in [-0.15, -0.1) is 0 Å². The van der Waals surface area contributed by atoms with Crippen LogP contribution in [0.2, 0.25) is 0 Å². The molecule has 0 bridgehead atoms. The second kappa shape index (κ2) is 10.8. The molecule has 1 aliphatic rings. The lowest BCUT2D eigenvalue weighted by Gasteiger charge is -2.32. The molecular formula is C34H29N7. The van der Waals surface area contributed by atoms with Gasteiger partial charge in [-0.2, -0.15) is 5.26 Å². The Morgan fingerprint density at radius 2 is 1.59 bits per heavy atom. The average molecular weight is 536 g/mol. The first-order chi connectivity index (χ1) is 20.2. The molecule has 0 unspecified atom stereocenters. The first-order valence-electron chi connectivity index (χ1n) is 14.0. The summed E-state index contributed by atoms with van der Waals surface area (Å²) in [6.45, 7) is 2.96. The number of fused-ring (bicyclic) bond motifs is 2. The molecule has 4 aromatic carbocycles. The zero-order chi connectivity index (χ0) is 27.6. The van der Waals surface area contributed by atoms with Crippen molar-refractivity contribution < 1.29 is 0 Å². The number of nitriles is 1. The molecule has 7 heteroatoms. The molecule has 0 atom stereocenters. The minimum absolute atomic E-state index is 0.200. The van der Waals surface area contributed by atoms with Crippen molar-refractivity contribution in [1.29, 1.82) is 5.26 Å². The van der Waals surface area contributed by atoms with Gasteiger partial charge in [0.1, 0.15) is 11.9 Å². The number of anilines is 1. The van der Waals surface area contributed by atoms with Crippen LogP contribution >= 0.6 is 0 Å². The number of nitrogens with one attached hydrogen (secondary N) is 2. The zero-order valence-corrected chi connectivity index (χ0v) is 22.6. The van der Waals surface area contributed by atoms with E-state index in [0.717, 1.165) is 49.3 Å². The van der Waals surface area contributed by atoms with Crippen LogP contribution in [-0.4, -0.2) is 44.0 Å². The van der Waals surface area contributed by atoms with Crippen molar-refractivity contribution in [3.8, 4) is 28.3 Å². The maximum absolute atomic E-state index is 9.05. The molecule has 1 saturated heterocycles. The Morgan fingerprint density at radius 3 is 2.34 bits per heavy atom. The fraction of sp³-hybridized carbons (Fsp3) is 0.176. The van der Waals surface area contributed by atoms with Gasteiger partial charge >= 0.3 is 0 Å². The highest BCUT2D eigenvalue weighted by atomic mass is 15.1. The van der Waals surface area contributed by atoms with Gasteiger partial charge in [-0.3, -0.25) is 4.90 Å². The molecule has 1 aliphatic heterocycles. The summed E-state index contributed by atoms with van der Waals surface area (Å²) >= 11 is 0. The third-order valence-electron chi connectivity index (χ3n) is 7.97. The summed E-state index contributed by atoms with van der Waals surface area (Å²) in [5.74, 6) is 0.925. The Morgan fingerprint density at radius 1 is 0.854 bits per heavy atom. The molecule has 7 nitrogen and oxygen atoms in total. The van der Waals surface area contributed by atoms with Crippen molar-refractivity contribution in [2.45, 2.75) is 25.4 Å². The smallest absolute Gasteiger partial charge is 0.234 e. The molecule has 7 rings (SSSR count). The van der Waals surface area contributed by atoms with Crippen LogP contribution in [0.5, 0.6) is 0 Å². The molecule has 41 heavy (non-hydrogen) atoms. The molecular weight excluding hydrogens is 506 g/mol. The van der Waals surface area contributed by atoms with E-state index in [1.54, 1.807) is 12.5 Å². The first-order valence-corrected chi connectivity index (χ1v) is 14.0. The summed E-state index contributed by atoms with van der Waals surface area (Å²) < 4.78 is 0. The maximum Gasteiger partial charge on any atom is 0.234 e. The SMILES string of the molecule is N#Cc1nccc(NC2CCN(Cc3ccc(-c4cc5cc6[nH]cnc6cc5cc4-c4ccccc4)cc3)CC2)n1. The van der Waals surface area contributed by atoms with Gasteiger partial charge in [0, 0.05) is 31.9 Å². The molecule has 200 valence electrons. The standard InChI is InChI=1S/C34H29N7/c35-20-34-36-13-10-33(40-34)39-28-11-14-41(15-12-28)21-23-6-8-25(9-7-23)30-17-27-19-32-31(37-22-38-32)18-26(27)16-29(30)24-4-2-1-3-5-24/h1-10,13,16-19,22,28H,11-12,14-15,21H2,(H,37,38)(H,36,39,40). The van der Waals surface area contributed by atoms with E-state index in [1.807, 2.05) is 12.1 Å². The molecule has 0 spiro atoms. The van der Waals surface area contributed by atoms with Crippen molar-refractivity contribution in [2.75, 3.05) is 18.4 Å². The third-order valence-corrected chi connectivity index (χ3v) is 7.97. The van der Waals surface area contributed by atoms with Gasteiger partial charge in [-0.05, 0) is 81.8 Å². The fourth-order valence-electron chi connectivity index (χ4n) is 5.81. The van der Waals surface area contributed by atoms with Crippen LogP contribution in [0.25, 0.3) is 44.1 Å². The molecule has 6 aromatic rings. The Balaban J connectivity index is 1.09. The predicted molar refractivity (Wildman–Crippen MR) is 163 cm³/mol. The first kappa shape index (κ1) is 24.9. The minimum atomic E-state index is 0.200. The van der Waals surface area contributed by atoms with Crippen molar-refractivity contribution in [2.24, 2.45) is 0 Å². The highest BCUT2D eigenvalue weighted by Gasteiger charge is 2.20. The summed E-state index contributed by atoms with van der Waals surface area (Å²) in [5.41, 5.74) is 8.22. The van der Waals surface area contributed by atoms with E-state index in [0.29, 0.717) is 6.04 Å². The fourth-order valence-corrected chi connectivity index (χ4v) is 5.81. The molecule has 0 amide bonds. The number of aromatic nitrogens is 4. The molecule has 2 N–H and O–H groups in total. The molecule has 0 saturated carbocycles. The normalized spacial score (nSPS) is 14.3. The lowest BCUT2D eigenvalue weighted by Crippen LogP contribution is -2.38. The maximum atomic E-state index is 9.05. The van der Waals surface area contributed by atoms with E-state index >= 15 is 0 Å². The molecule has 0 aliphatic carbocycles. The third kappa shape index (κ3) is 5.25. The molecule has 1 fully saturated rings. The number of imidazole rings is 1. The average Bonchev–Trinajstić information content (AvgIpc) is 3.48. The lowest BCUT2D eigenvalue weighted by atomic mass is 9.91. The number of rotatable bonds is 6. The largest absolute Gasteiger partial charge is 0.367 e. The monoisotopic (exact) mass is 535 g/mol. The number of benzene rings is 4. The van der Waals surface area contributed by atoms with E-state index in [-0.39, 0.29) is 5.82 Å². The molecule has 3 heterocycles. The van der Waals surface area contributed by atoms with Crippen molar-refractivity contribution in [1.82, 2.24) is 24.8 Å². The van der Waals surface area contributed by atoms with Gasteiger partial charge in [-0.1, -0.05) is 54.6 Å². The van der Waals surface area contributed by atoms with Crippen LogP contribution < -0.4 is 5.32 Å². The van der Waals surface area contributed by atoms with Gasteiger partial charge in [-0.25, -0.2) is 15.0 Å². The number of piperidine rings is 1. The minimum Gasteiger partial charge on any atom is -0.367 e. The number of nitrogens with zero attached hydrogens (tertiary/aromatic N) is 5. The highest BCUT2D eigenvalue weighted by Crippen LogP contribution is 2.37. The van der Waals surface area contributed by atoms with Gasteiger partial charge < -0.3 is 10.3 Å². The van der Waals surface area contributed by atoms with Crippen LogP contribution in [0.1, 0.15) is 24.2 Å². The predicted octanol–water partition coefficient (Wildman–Crippen LogP) is 6.79. The Hall–Kier alpha value is -5.06. The number of H-pyrrole nitrogens is 1. The quantitative estimate of drug-likeness (QED) is 0.244. The van der Waals surface area contributed by atoms with E-state index in [9.17, 15) is 0 Å². The highest BCUT2D eigenvalue weighted by molar-refractivity contribution is 6.01. The number of likely N-dealkylation sites (tertiary alicyclic amines) is 1. The summed E-state index contributed by atoms with van der Waals surface area (Å²) in [5, 5.41) is 14.9. The summed E-state index contributed by atoms with van der Waals surface area (Å²) in [6, 6.07) is 32.8. The van der Waals surface area contributed by atoms with Gasteiger partial charge in [0.25, 0.3) is 0 Å². The van der Waals surface area contributed by atoms with Crippen LogP contribution in [0.3, 0.4) is 0 Å². The number of hydrogen-bond acceptors (Lipinski definition) is 6. The van der Waals surface area contributed by atoms with E-state index < -0.39 is 0 Å². The van der Waals surface area contributed by atoms with Crippen molar-refractivity contribution in [3.63, 3.8) is 0 Å². The second-order valence-corrected chi connectivity index (χ2v) is 10.7. The number of hydrogen-bond donors (Lipinski definition) is 2. The topological polar surface area (TPSA) is 93.5 Å². The van der Waals surface area contributed by atoms with Gasteiger partial charge in [0.05, 0.1) is 17.4 Å². The van der Waals surface area contributed by atoms with E-state index in [2.05, 4.69) is 109 Å². The van der Waals surface area contributed by atoms with Crippen molar-refractivity contribution in [3.05, 3.63) is 109 Å². The summed E-state index contributed by atoms with van der Waals surface area (Å²) in [4.78, 5) is 18.4. The Bertz CT molecular complexity index is 1860. The molecule has 0 radical (unpaired) electrons. The van der Waals surface area contributed by atoms with Gasteiger partial charge in [0.15, 0.2) is 0 Å². The summed E-state index contributed by atoms with van der Waals surface area (Å²) in [7, 11) is 0. The second-order valence-electron chi connectivity index (χ2n) is 10.7. The van der Waals surface area contributed by atoms with E-state index in [4.69, 9.17) is 5.26 Å². The Labute approximate surface area is 238 Å².